The molecule has 0 aliphatic carbocycles. The van der Waals surface area contributed by atoms with Gasteiger partial charge in [-0.1, -0.05) is 30.3 Å². The Bertz CT molecular complexity index is 844. The van der Waals surface area contributed by atoms with Crippen LogP contribution in [0.5, 0.6) is 0 Å². The predicted octanol–water partition coefficient (Wildman–Crippen LogP) is 4.36. The quantitative estimate of drug-likeness (QED) is 0.783. The summed E-state index contributed by atoms with van der Waals surface area (Å²) in [7, 11) is 0. The molecule has 2 aromatic carbocycles. The maximum Gasteiger partial charge on any atom is 0.417 e. The first-order chi connectivity index (χ1) is 12.0. The molecule has 5 heteroatoms. The molecule has 1 saturated heterocycles. The Kier molecular flexibility index (Phi) is 4.65. The van der Waals surface area contributed by atoms with Crippen LogP contribution in [0.2, 0.25) is 0 Å². The molecule has 0 unspecified atom stereocenters. The van der Waals surface area contributed by atoms with E-state index in [1.807, 2.05) is 57.2 Å². The van der Waals surface area contributed by atoms with Gasteiger partial charge in [0.15, 0.2) is 0 Å². The van der Waals surface area contributed by atoms with E-state index in [1.165, 1.54) is 4.90 Å². The number of carbonyl (C=O) groups is 2. The number of benzene rings is 2. The number of hydrogen-bond acceptors (Lipinski definition) is 4. The molecule has 1 atom stereocenters. The average molecular weight is 336 g/mol. The van der Waals surface area contributed by atoms with Crippen LogP contribution in [0, 0.1) is 13.8 Å². The van der Waals surface area contributed by atoms with Crippen LogP contribution in [0.3, 0.4) is 0 Å². The Balaban J connectivity index is 1.99. The smallest absolute Gasteiger partial charge is 0.417 e. The molecular formula is C20H20N2O3. The maximum absolute atomic E-state index is 13.1. The van der Waals surface area contributed by atoms with Crippen molar-refractivity contribution in [3.63, 3.8) is 0 Å². The van der Waals surface area contributed by atoms with E-state index in [0.29, 0.717) is 5.56 Å². The van der Waals surface area contributed by atoms with E-state index < -0.39 is 12.1 Å². The zero-order valence-corrected chi connectivity index (χ0v) is 14.5. The first-order valence-corrected chi connectivity index (χ1v) is 8.18. The molecule has 1 aliphatic heterocycles. The summed E-state index contributed by atoms with van der Waals surface area (Å²) < 4.78 is 5.15. The first kappa shape index (κ1) is 16.9. The fourth-order valence-electron chi connectivity index (χ4n) is 3.01. The van der Waals surface area contributed by atoms with Crippen LogP contribution in [0.25, 0.3) is 0 Å². The van der Waals surface area contributed by atoms with Crippen LogP contribution in [-0.4, -0.2) is 29.7 Å². The molecule has 1 fully saturated rings. The number of hydrogen-bond donors (Lipinski definition) is 0. The molecule has 5 nitrogen and oxygen atoms in total. The van der Waals surface area contributed by atoms with Gasteiger partial charge in [0, 0.05) is 11.8 Å². The lowest BCUT2D eigenvalue weighted by Gasteiger charge is -2.21. The van der Waals surface area contributed by atoms with Gasteiger partial charge in [0.05, 0.1) is 5.69 Å². The maximum atomic E-state index is 13.1. The Labute approximate surface area is 146 Å². The van der Waals surface area contributed by atoms with E-state index in [0.717, 1.165) is 22.4 Å². The van der Waals surface area contributed by atoms with Gasteiger partial charge in [-0.25, -0.2) is 9.69 Å². The second-order valence-electron chi connectivity index (χ2n) is 6.02. The number of rotatable bonds is 3. The standard InChI is InChI=1S/C20H20N2O3/c1-4-21-17-11-13(2)16(10-14(17)3)19(23)22-18(12-25-20(22)24)15-8-6-5-7-9-15/h4-11,18H,12H2,1-3H3/b21-4+/t18-/m0/s1. The molecule has 3 rings (SSSR count). The number of cyclic esters (lactones) is 1. The molecular weight excluding hydrogens is 316 g/mol. The van der Waals surface area contributed by atoms with Gasteiger partial charge in [-0.05, 0) is 49.6 Å². The highest BCUT2D eigenvalue weighted by atomic mass is 16.6. The van der Waals surface area contributed by atoms with Crippen molar-refractivity contribution in [3.05, 3.63) is 64.7 Å². The summed E-state index contributed by atoms with van der Waals surface area (Å²) in [5.74, 6) is -0.344. The Morgan fingerprint density at radius 1 is 1.20 bits per heavy atom. The normalized spacial score (nSPS) is 17.2. The zero-order chi connectivity index (χ0) is 18.0. The van der Waals surface area contributed by atoms with E-state index in [4.69, 9.17) is 4.74 Å². The van der Waals surface area contributed by atoms with E-state index in [1.54, 1.807) is 12.3 Å². The van der Waals surface area contributed by atoms with Crippen molar-refractivity contribution in [1.29, 1.82) is 0 Å². The topological polar surface area (TPSA) is 59.0 Å². The van der Waals surface area contributed by atoms with Crippen LogP contribution in [0.15, 0.2) is 47.5 Å². The highest BCUT2D eigenvalue weighted by molar-refractivity contribution is 6.05. The molecule has 0 saturated carbocycles. The monoisotopic (exact) mass is 336 g/mol. The molecule has 0 bridgehead atoms. The van der Waals surface area contributed by atoms with Crippen LogP contribution in [0.4, 0.5) is 10.5 Å². The lowest BCUT2D eigenvalue weighted by molar-refractivity contribution is 0.0773. The summed E-state index contributed by atoms with van der Waals surface area (Å²) in [6.07, 6.45) is 1.11. The second-order valence-corrected chi connectivity index (χ2v) is 6.02. The third-order valence-corrected chi connectivity index (χ3v) is 4.32. The molecule has 2 aromatic rings. The minimum atomic E-state index is -0.605. The number of carbonyl (C=O) groups excluding carboxylic acids is 2. The fraction of sp³-hybridized carbons (Fsp3) is 0.250. The summed E-state index contributed by atoms with van der Waals surface area (Å²) in [6, 6.07) is 12.7. The second kappa shape index (κ2) is 6.89. The van der Waals surface area contributed by atoms with Gasteiger partial charge >= 0.3 is 6.09 Å². The number of aliphatic imine (C=N–C) groups is 1. The van der Waals surface area contributed by atoms with Crippen molar-refractivity contribution >= 4 is 23.9 Å². The SMILES string of the molecule is C/C=N/c1cc(C)c(C(=O)N2C(=O)OC[C@H]2c2ccccc2)cc1C. The number of imide groups is 1. The van der Waals surface area contributed by atoms with Gasteiger partial charge in [-0.3, -0.25) is 9.79 Å². The number of aryl methyl sites for hydroxylation is 2. The predicted molar refractivity (Wildman–Crippen MR) is 96.4 cm³/mol. The summed E-state index contributed by atoms with van der Waals surface area (Å²) in [6.45, 7) is 5.76. The van der Waals surface area contributed by atoms with Crippen molar-refractivity contribution in [2.24, 2.45) is 4.99 Å². The van der Waals surface area contributed by atoms with Gasteiger partial charge in [0.25, 0.3) is 5.91 Å². The zero-order valence-electron chi connectivity index (χ0n) is 14.5. The number of nitrogens with zero attached hydrogens (tertiary/aromatic N) is 2. The van der Waals surface area contributed by atoms with Crippen LogP contribution >= 0.6 is 0 Å². The molecule has 25 heavy (non-hydrogen) atoms. The van der Waals surface area contributed by atoms with E-state index in [-0.39, 0.29) is 12.5 Å². The third kappa shape index (κ3) is 3.18. The van der Waals surface area contributed by atoms with Crippen molar-refractivity contribution in [3.8, 4) is 0 Å². The lowest BCUT2D eigenvalue weighted by atomic mass is 10.0. The third-order valence-electron chi connectivity index (χ3n) is 4.32. The summed E-state index contributed by atoms with van der Waals surface area (Å²) in [4.78, 5) is 30.8. The van der Waals surface area contributed by atoms with Gasteiger partial charge in [-0.15, -0.1) is 0 Å². The summed E-state index contributed by atoms with van der Waals surface area (Å²) >= 11 is 0. The molecule has 1 aliphatic rings. The largest absolute Gasteiger partial charge is 0.446 e. The molecule has 128 valence electrons. The number of amides is 2. The molecule has 0 spiro atoms. The molecule has 1 heterocycles. The van der Waals surface area contributed by atoms with Crippen molar-refractivity contribution in [1.82, 2.24) is 4.90 Å². The van der Waals surface area contributed by atoms with Crippen molar-refractivity contribution in [2.45, 2.75) is 26.8 Å². The highest BCUT2D eigenvalue weighted by Gasteiger charge is 2.39. The molecule has 2 amide bonds. The van der Waals surface area contributed by atoms with Gasteiger partial charge in [0.2, 0.25) is 0 Å². The number of ether oxygens (including phenoxy) is 1. The Morgan fingerprint density at radius 3 is 2.60 bits per heavy atom. The van der Waals surface area contributed by atoms with Crippen LogP contribution in [-0.2, 0) is 4.74 Å². The highest BCUT2D eigenvalue weighted by Crippen LogP contribution is 2.31. The minimum absolute atomic E-state index is 0.171. The van der Waals surface area contributed by atoms with Crippen molar-refractivity contribution < 1.29 is 14.3 Å². The fourth-order valence-corrected chi connectivity index (χ4v) is 3.01. The van der Waals surface area contributed by atoms with Crippen LogP contribution < -0.4 is 0 Å². The molecule has 0 aromatic heterocycles. The minimum Gasteiger partial charge on any atom is -0.446 e. The first-order valence-electron chi connectivity index (χ1n) is 8.18. The van der Waals surface area contributed by atoms with Gasteiger partial charge in [0.1, 0.15) is 12.6 Å². The van der Waals surface area contributed by atoms with Gasteiger partial charge < -0.3 is 4.74 Å². The van der Waals surface area contributed by atoms with E-state index in [2.05, 4.69) is 4.99 Å². The lowest BCUT2D eigenvalue weighted by Crippen LogP contribution is -2.34. The van der Waals surface area contributed by atoms with E-state index in [9.17, 15) is 9.59 Å². The summed E-state index contributed by atoms with van der Waals surface area (Å²) in [5.41, 5.74) is 3.86. The van der Waals surface area contributed by atoms with Crippen molar-refractivity contribution in [2.75, 3.05) is 6.61 Å². The van der Waals surface area contributed by atoms with Crippen LogP contribution in [0.1, 0.15) is 40.0 Å². The summed E-state index contributed by atoms with van der Waals surface area (Å²) in [5, 5.41) is 0. The molecule has 0 radical (unpaired) electrons. The molecule has 0 N–H and O–H groups in total. The average Bonchev–Trinajstić information content (AvgIpc) is 3.00. The Hall–Kier alpha value is -2.95. The Morgan fingerprint density at radius 2 is 1.92 bits per heavy atom. The van der Waals surface area contributed by atoms with E-state index >= 15 is 0 Å². The van der Waals surface area contributed by atoms with Gasteiger partial charge in [-0.2, -0.15) is 0 Å².